The van der Waals surface area contributed by atoms with Crippen LogP contribution in [0.2, 0.25) is 0 Å². The van der Waals surface area contributed by atoms with Gasteiger partial charge in [-0.15, -0.1) is 0 Å². The molecule has 5 aliphatic rings. The highest BCUT2D eigenvalue weighted by molar-refractivity contribution is 5.95. The normalized spacial score (nSPS) is 36.0. The van der Waals surface area contributed by atoms with Crippen LogP contribution in [0.15, 0.2) is 102 Å². The van der Waals surface area contributed by atoms with E-state index in [0.717, 1.165) is 6.92 Å². The first-order valence-corrected chi connectivity index (χ1v) is 22.5. The minimum absolute atomic E-state index is 0.0280. The van der Waals surface area contributed by atoms with Crippen molar-refractivity contribution in [3.8, 4) is 0 Å². The second-order valence-electron chi connectivity index (χ2n) is 19.1. The molecule has 2 heterocycles. The Hall–Kier alpha value is -5.41. The summed E-state index contributed by atoms with van der Waals surface area (Å²) in [4.78, 5) is 71.3. The number of aliphatic hydroxyl groups excluding tert-OH is 5. The smallest absolute Gasteiger partial charge is 0.338 e. The molecule has 18 nitrogen and oxygen atoms in total. The predicted octanol–water partition coefficient (Wildman–Crippen LogP) is 1.63. The van der Waals surface area contributed by atoms with Crippen molar-refractivity contribution in [2.45, 2.75) is 126 Å². The van der Waals surface area contributed by atoms with Gasteiger partial charge in [0.15, 0.2) is 23.8 Å². The summed E-state index contributed by atoms with van der Waals surface area (Å²) in [6.45, 7) is 6.21. The fraction of sp³-hybridized carbons (Fsp3) is 0.500. The Morgan fingerprint density at radius 1 is 0.824 bits per heavy atom. The summed E-state index contributed by atoms with van der Waals surface area (Å²) >= 11 is 0. The zero-order chi connectivity index (χ0) is 49.1. The predicted molar refractivity (Wildman–Crippen MR) is 235 cm³/mol. The summed E-state index contributed by atoms with van der Waals surface area (Å²) < 4.78 is 36.8. The summed E-state index contributed by atoms with van der Waals surface area (Å²) in [5.41, 5.74) is -7.60. The average molecular weight is 944 g/mol. The van der Waals surface area contributed by atoms with E-state index in [2.05, 4.69) is 5.32 Å². The monoisotopic (exact) mass is 943 g/mol. The Balaban J connectivity index is 1.26. The highest BCUT2D eigenvalue weighted by atomic mass is 16.7. The van der Waals surface area contributed by atoms with E-state index in [9.17, 15) is 49.8 Å². The topological polar surface area (TPSA) is 274 Å². The van der Waals surface area contributed by atoms with Gasteiger partial charge in [0.25, 0.3) is 5.91 Å². The van der Waals surface area contributed by atoms with Crippen molar-refractivity contribution in [3.05, 3.63) is 119 Å². The quantitative estimate of drug-likeness (QED) is 0.0818. The number of rotatable bonds is 11. The van der Waals surface area contributed by atoms with E-state index >= 15 is 4.79 Å². The fourth-order valence-electron chi connectivity index (χ4n) is 11.2. The second kappa shape index (κ2) is 18.5. The number of aliphatic hydroxyl groups is 6. The highest BCUT2D eigenvalue weighted by Gasteiger charge is 2.78. The molecular formula is C50H57NO17. The van der Waals surface area contributed by atoms with Crippen LogP contribution in [0.25, 0.3) is 0 Å². The summed E-state index contributed by atoms with van der Waals surface area (Å²) in [6.07, 6.45) is -17.8. The van der Waals surface area contributed by atoms with Gasteiger partial charge in [-0.1, -0.05) is 80.6 Å². The first-order chi connectivity index (χ1) is 32.2. The molecule has 68 heavy (non-hydrogen) atoms. The van der Waals surface area contributed by atoms with Crippen molar-refractivity contribution in [2.75, 3.05) is 13.2 Å². The van der Waals surface area contributed by atoms with Crippen molar-refractivity contribution in [3.63, 3.8) is 0 Å². The van der Waals surface area contributed by atoms with Gasteiger partial charge in [-0.3, -0.25) is 14.4 Å². The third-order valence-corrected chi connectivity index (χ3v) is 14.9. The summed E-state index contributed by atoms with van der Waals surface area (Å²) in [5.74, 6) is -6.29. The number of fused-ring (bicyclic) bond motifs is 5. The van der Waals surface area contributed by atoms with Crippen LogP contribution in [0, 0.1) is 16.7 Å². The van der Waals surface area contributed by atoms with Gasteiger partial charge in [0.2, 0.25) is 0 Å². The van der Waals surface area contributed by atoms with Crippen LogP contribution in [0.4, 0.5) is 0 Å². The van der Waals surface area contributed by atoms with Gasteiger partial charge >= 0.3 is 17.9 Å². The molecule has 2 saturated carbocycles. The molecule has 2 bridgehead atoms. The molecule has 3 aromatic carbocycles. The number of nitrogens with one attached hydrogen (secondary N) is 1. The Morgan fingerprint density at radius 2 is 1.43 bits per heavy atom. The Labute approximate surface area is 391 Å². The molecule has 0 radical (unpaired) electrons. The minimum atomic E-state index is -2.47. The zero-order valence-corrected chi connectivity index (χ0v) is 38.1. The molecule has 8 rings (SSSR count). The number of benzene rings is 3. The van der Waals surface area contributed by atoms with Crippen LogP contribution < -0.4 is 5.32 Å². The molecular weight excluding hydrogens is 887 g/mol. The number of carbonyl (C=O) groups excluding carboxylic acids is 5. The number of ketones is 1. The first kappa shape index (κ1) is 49.0. The van der Waals surface area contributed by atoms with Crippen LogP contribution in [-0.4, -0.2) is 146 Å². The van der Waals surface area contributed by atoms with Crippen molar-refractivity contribution >= 4 is 29.6 Å². The lowest BCUT2D eigenvalue weighted by atomic mass is 9.44. The van der Waals surface area contributed by atoms with Crippen molar-refractivity contribution in [1.29, 1.82) is 0 Å². The van der Waals surface area contributed by atoms with E-state index in [-0.39, 0.29) is 35.3 Å². The van der Waals surface area contributed by atoms with Crippen molar-refractivity contribution < 1.29 is 83.0 Å². The molecule has 7 N–H and O–H groups in total. The van der Waals surface area contributed by atoms with Crippen molar-refractivity contribution in [1.82, 2.24) is 5.32 Å². The molecule has 1 amide bonds. The maximum absolute atomic E-state index is 15.7. The Bertz CT molecular complexity index is 2430. The molecule has 0 aromatic heterocycles. The number of esters is 3. The van der Waals surface area contributed by atoms with Crippen LogP contribution in [0.5, 0.6) is 0 Å². The number of Topliss-reactive ketones (excluding diaryl/α,β-unsaturated/α-hetero) is 1. The third kappa shape index (κ3) is 8.14. The van der Waals surface area contributed by atoms with E-state index in [0.29, 0.717) is 5.56 Å². The van der Waals surface area contributed by atoms with Gasteiger partial charge in [-0.2, -0.15) is 0 Å². The Morgan fingerprint density at radius 3 is 2.01 bits per heavy atom. The van der Waals surface area contributed by atoms with E-state index in [4.69, 9.17) is 28.4 Å². The summed E-state index contributed by atoms with van der Waals surface area (Å²) in [6, 6.07) is 22.7. The number of hydrogen-bond donors (Lipinski definition) is 7. The third-order valence-electron chi connectivity index (χ3n) is 14.9. The molecule has 15 atom stereocenters. The average Bonchev–Trinajstić information content (AvgIpc) is 3.31. The molecule has 0 spiro atoms. The van der Waals surface area contributed by atoms with Crippen LogP contribution in [0.3, 0.4) is 0 Å². The molecule has 3 aromatic rings. The standard InChI is InChI=1S/C50H57NO17/c1-25-31(65-45(61)38(56)35(27-15-9-6-10-16-27)51-43(59)28-17-11-7-12-18-28)22-50(62)42(67-44(60)29-19-13-8-14-20-29)40-48(5,41(58)37(55)34(25)47(50,3)4)32(21-33-49(40,24-64-33)68-26(2)52)66-46-39(57)36(54)30(53)23-63-46/h6-20,30-33,35-40,42,46,53-57,62H,21-24H2,1-5H3,(H,51,59)/t30-,31+,32?,33?,35+,36+,37?,38-,39-,40?,42+,46+,48?,49+,50?/m1/s1. The lowest BCUT2D eigenvalue weighted by Crippen LogP contribution is -2.82. The van der Waals surface area contributed by atoms with E-state index in [1.807, 2.05) is 0 Å². The van der Waals surface area contributed by atoms with Gasteiger partial charge in [0.05, 0.1) is 42.3 Å². The molecule has 3 aliphatic carbocycles. The lowest BCUT2D eigenvalue weighted by Gasteiger charge is -2.68. The van der Waals surface area contributed by atoms with Gasteiger partial charge in [-0.05, 0) is 54.8 Å². The fourth-order valence-corrected chi connectivity index (χ4v) is 11.2. The summed E-state index contributed by atoms with van der Waals surface area (Å²) in [7, 11) is 0. The number of hydrogen-bond acceptors (Lipinski definition) is 17. The molecule has 4 fully saturated rings. The molecule has 6 unspecified atom stereocenters. The van der Waals surface area contributed by atoms with Crippen LogP contribution in [-0.2, 0) is 42.8 Å². The van der Waals surface area contributed by atoms with E-state index in [1.54, 1.807) is 78.9 Å². The van der Waals surface area contributed by atoms with E-state index < -0.39 is 138 Å². The molecule has 364 valence electrons. The maximum atomic E-state index is 15.7. The minimum Gasteiger partial charge on any atom is -0.456 e. The molecule has 18 heteroatoms. The summed E-state index contributed by atoms with van der Waals surface area (Å²) in [5, 5.41) is 72.9. The second-order valence-corrected chi connectivity index (χ2v) is 19.1. The molecule has 2 saturated heterocycles. The van der Waals surface area contributed by atoms with Crippen molar-refractivity contribution in [2.24, 2.45) is 16.7 Å². The SMILES string of the molecule is CC(=O)O[C@@]12COC1CC(O[C@@H]1OC[C@@H](O)[C@H](O)[C@H]1O)C1(C)C(=O)C(O)C3=C(C)[C@@H](OC(=O)[C@H](O)[C@@H](NC(=O)c4ccccc4)c4ccccc4)CC(O)([C@@H](OC(=O)c4ccccc4)C12)C3(C)C. The number of carbonyl (C=O) groups is 5. The van der Waals surface area contributed by atoms with Crippen LogP contribution >= 0.6 is 0 Å². The Kier molecular flexibility index (Phi) is 13.3. The molecule has 2 aliphatic heterocycles. The number of amides is 1. The largest absolute Gasteiger partial charge is 0.456 e. The maximum Gasteiger partial charge on any atom is 0.338 e. The highest BCUT2D eigenvalue weighted by Crippen LogP contribution is 2.65. The number of ether oxygens (including phenoxy) is 6. The van der Waals surface area contributed by atoms with Gasteiger partial charge in [-0.25, -0.2) is 9.59 Å². The van der Waals surface area contributed by atoms with E-state index in [1.165, 1.54) is 39.8 Å². The lowest BCUT2D eigenvalue weighted by molar-refractivity contribution is -0.366. The van der Waals surface area contributed by atoms with Crippen LogP contribution in [0.1, 0.15) is 79.8 Å². The van der Waals surface area contributed by atoms with Gasteiger partial charge < -0.3 is 64.4 Å². The van der Waals surface area contributed by atoms with Gasteiger partial charge in [0, 0.05) is 30.7 Å². The zero-order valence-electron chi connectivity index (χ0n) is 38.1. The first-order valence-electron chi connectivity index (χ1n) is 22.5. The van der Waals surface area contributed by atoms with Gasteiger partial charge in [0.1, 0.15) is 48.3 Å².